The minimum Gasteiger partial charge on any atom is -0.480 e. The summed E-state index contributed by atoms with van der Waals surface area (Å²) in [5, 5.41) is 3.14. The number of carbonyl (C=O) groups is 1. The van der Waals surface area contributed by atoms with Crippen molar-refractivity contribution in [2.24, 2.45) is 5.92 Å². The van der Waals surface area contributed by atoms with Crippen LogP contribution in [0.15, 0.2) is 22.7 Å². The summed E-state index contributed by atoms with van der Waals surface area (Å²) < 4.78 is 19.2. The number of rotatable bonds is 5. The van der Waals surface area contributed by atoms with Gasteiger partial charge in [0.2, 0.25) is 0 Å². The average molecular weight is 359 g/mol. The van der Waals surface area contributed by atoms with Gasteiger partial charge in [-0.05, 0) is 67.0 Å². The minimum absolute atomic E-state index is 0.0233. The molecular weight excluding hydrogens is 339 g/mol. The number of halogens is 2. The van der Waals surface area contributed by atoms with E-state index >= 15 is 0 Å². The number of ether oxygens (including phenoxy) is 1. The van der Waals surface area contributed by atoms with Crippen molar-refractivity contribution in [2.45, 2.75) is 19.4 Å². The Morgan fingerprint density at radius 2 is 2.38 bits per heavy atom. The lowest BCUT2D eigenvalue weighted by atomic mass is 10.1. The first kappa shape index (κ1) is 16.2. The number of likely N-dealkylation sites (tertiary alicyclic amines) is 1. The Hall–Kier alpha value is -1.14. The molecule has 21 heavy (non-hydrogen) atoms. The minimum atomic E-state index is -0.583. The van der Waals surface area contributed by atoms with Gasteiger partial charge in [-0.15, -0.1) is 0 Å². The van der Waals surface area contributed by atoms with Crippen molar-refractivity contribution < 1.29 is 13.9 Å². The highest BCUT2D eigenvalue weighted by Crippen LogP contribution is 2.27. The van der Waals surface area contributed by atoms with E-state index < -0.39 is 6.10 Å². The Morgan fingerprint density at radius 3 is 3.05 bits per heavy atom. The van der Waals surface area contributed by atoms with E-state index in [9.17, 15) is 9.18 Å². The van der Waals surface area contributed by atoms with Gasteiger partial charge in [0, 0.05) is 13.1 Å². The Balaban J connectivity index is 1.94. The molecule has 1 saturated heterocycles. The highest BCUT2D eigenvalue weighted by atomic mass is 79.9. The monoisotopic (exact) mass is 358 g/mol. The number of amides is 1. The van der Waals surface area contributed by atoms with Crippen molar-refractivity contribution in [1.29, 1.82) is 0 Å². The summed E-state index contributed by atoms with van der Waals surface area (Å²) >= 11 is 3.24. The van der Waals surface area contributed by atoms with Crippen molar-refractivity contribution in [3.8, 4) is 5.75 Å². The third-order valence-corrected chi connectivity index (χ3v) is 4.26. The van der Waals surface area contributed by atoms with E-state index in [1.165, 1.54) is 18.2 Å². The molecule has 2 unspecified atom stereocenters. The lowest BCUT2D eigenvalue weighted by Crippen LogP contribution is -2.39. The molecule has 1 heterocycles. The van der Waals surface area contributed by atoms with Crippen LogP contribution in [-0.4, -0.2) is 43.6 Å². The van der Waals surface area contributed by atoms with Crippen LogP contribution in [0.1, 0.15) is 13.3 Å². The Morgan fingerprint density at radius 1 is 1.62 bits per heavy atom. The number of hydrogen-bond acceptors (Lipinski definition) is 3. The normalized spacial score (nSPS) is 19.6. The maximum Gasteiger partial charge on any atom is 0.263 e. The van der Waals surface area contributed by atoms with Gasteiger partial charge >= 0.3 is 0 Å². The molecule has 2 rings (SSSR count). The summed E-state index contributed by atoms with van der Waals surface area (Å²) in [6.45, 7) is 4.17. The van der Waals surface area contributed by atoms with E-state index in [4.69, 9.17) is 4.74 Å². The molecule has 0 aliphatic carbocycles. The molecule has 0 bridgehead atoms. The summed E-state index contributed by atoms with van der Waals surface area (Å²) in [6.07, 6.45) is 0.430. The van der Waals surface area contributed by atoms with Crippen LogP contribution in [0.25, 0.3) is 0 Å². The summed E-state index contributed by atoms with van der Waals surface area (Å²) in [7, 11) is 1.92. The maximum atomic E-state index is 13.0. The molecule has 1 amide bonds. The summed E-state index contributed by atoms with van der Waals surface area (Å²) in [5.74, 6) is 0.611. The first-order valence-electron chi connectivity index (χ1n) is 7.06. The van der Waals surface area contributed by atoms with Crippen LogP contribution in [0.4, 0.5) is 4.39 Å². The zero-order chi connectivity index (χ0) is 15.4. The highest BCUT2D eigenvalue weighted by molar-refractivity contribution is 9.10. The molecule has 1 aliphatic rings. The molecule has 6 heteroatoms. The molecule has 1 N–H and O–H groups in total. The van der Waals surface area contributed by atoms with Gasteiger partial charge in [-0.25, -0.2) is 4.39 Å². The van der Waals surface area contributed by atoms with Crippen LogP contribution in [0.3, 0.4) is 0 Å². The predicted molar refractivity (Wildman–Crippen MR) is 82.8 cm³/mol. The van der Waals surface area contributed by atoms with Crippen molar-refractivity contribution in [3.05, 3.63) is 28.5 Å². The molecule has 1 aromatic rings. The quantitative estimate of drug-likeness (QED) is 0.878. The smallest absolute Gasteiger partial charge is 0.263 e. The largest absolute Gasteiger partial charge is 0.480 e. The summed E-state index contributed by atoms with van der Waals surface area (Å²) in [5.41, 5.74) is 0. The van der Waals surface area contributed by atoms with E-state index in [1.54, 1.807) is 6.92 Å². The van der Waals surface area contributed by atoms with Gasteiger partial charge in [-0.2, -0.15) is 0 Å². The van der Waals surface area contributed by atoms with Gasteiger partial charge in [0.1, 0.15) is 11.6 Å². The van der Waals surface area contributed by atoms with Gasteiger partial charge in [-0.1, -0.05) is 0 Å². The van der Waals surface area contributed by atoms with Crippen LogP contribution in [0.2, 0.25) is 0 Å². The van der Waals surface area contributed by atoms with E-state index in [-0.39, 0.29) is 11.7 Å². The Kier molecular flexibility index (Phi) is 5.58. The molecule has 0 radical (unpaired) electrons. The third-order valence-electron chi connectivity index (χ3n) is 3.64. The van der Waals surface area contributed by atoms with Crippen LogP contribution >= 0.6 is 15.9 Å². The second-order valence-corrected chi connectivity index (χ2v) is 6.19. The first-order valence-corrected chi connectivity index (χ1v) is 7.85. The number of hydrogen-bond donors (Lipinski definition) is 1. The standard InChI is InChI=1S/C15H20BrFN2O2/c1-10(21-14-4-3-12(17)7-13(14)16)15(20)19-6-5-11(9-19)8-18-2/h3-4,7,10-11,18H,5-6,8-9H2,1-2H3. The average Bonchev–Trinajstić information content (AvgIpc) is 2.90. The topological polar surface area (TPSA) is 41.6 Å². The SMILES string of the molecule is CNCC1CCN(C(=O)C(C)Oc2ccc(F)cc2Br)C1. The van der Waals surface area contributed by atoms with Gasteiger partial charge < -0.3 is 15.0 Å². The zero-order valence-corrected chi connectivity index (χ0v) is 13.8. The number of nitrogens with one attached hydrogen (secondary N) is 1. The van der Waals surface area contributed by atoms with Crippen LogP contribution in [0, 0.1) is 11.7 Å². The van der Waals surface area contributed by atoms with Gasteiger partial charge in [0.15, 0.2) is 6.10 Å². The molecule has 0 saturated carbocycles. The van der Waals surface area contributed by atoms with Crippen LogP contribution < -0.4 is 10.1 Å². The van der Waals surface area contributed by atoms with Gasteiger partial charge in [0.25, 0.3) is 5.91 Å². The fourth-order valence-corrected chi connectivity index (χ4v) is 3.00. The molecule has 4 nitrogen and oxygen atoms in total. The molecule has 0 aromatic heterocycles. The molecule has 2 atom stereocenters. The summed E-state index contributed by atoms with van der Waals surface area (Å²) in [4.78, 5) is 14.2. The van der Waals surface area contributed by atoms with E-state index in [2.05, 4.69) is 21.2 Å². The lowest BCUT2D eigenvalue weighted by molar-refractivity contribution is -0.137. The molecule has 1 fully saturated rings. The van der Waals surface area contributed by atoms with Crippen molar-refractivity contribution >= 4 is 21.8 Å². The van der Waals surface area contributed by atoms with E-state index in [0.717, 1.165) is 26.1 Å². The fourth-order valence-electron chi connectivity index (χ4n) is 2.56. The van der Waals surface area contributed by atoms with Crippen LogP contribution in [0.5, 0.6) is 5.75 Å². The second kappa shape index (κ2) is 7.22. The molecular formula is C15H20BrFN2O2. The maximum absolute atomic E-state index is 13.0. The Bertz CT molecular complexity index is 512. The predicted octanol–water partition coefficient (Wildman–Crippen LogP) is 2.42. The van der Waals surface area contributed by atoms with Crippen molar-refractivity contribution in [2.75, 3.05) is 26.7 Å². The fraction of sp³-hybridized carbons (Fsp3) is 0.533. The second-order valence-electron chi connectivity index (χ2n) is 5.33. The number of nitrogens with zero attached hydrogens (tertiary/aromatic N) is 1. The highest BCUT2D eigenvalue weighted by Gasteiger charge is 2.29. The lowest BCUT2D eigenvalue weighted by Gasteiger charge is -2.22. The van der Waals surface area contributed by atoms with E-state index in [0.29, 0.717) is 16.1 Å². The molecule has 116 valence electrons. The molecule has 1 aromatic carbocycles. The zero-order valence-electron chi connectivity index (χ0n) is 12.2. The van der Waals surface area contributed by atoms with E-state index in [1.807, 2.05) is 11.9 Å². The van der Waals surface area contributed by atoms with Crippen molar-refractivity contribution in [3.63, 3.8) is 0 Å². The number of carbonyl (C=O) groups excluding carboxylic acids is 1. The Labute approximate surface area is 132 Å². The molecule has 1 aliphatic heterocycles. The van der Waals surface area contributed by atoms with Crippen LogP contribution in [-0.2, 0) is 4.79 Å². The first-order chi connectivity index (χ1) is 10.0. The third kappa shape index (κ3) is 4.17. The number of benzene rings is 1. The molecule has 0 spiro atoms. The van der Waals surface area contributed by atoms with Gasteiger partial charge in [-0.3, -0.25) is 4.79 Å². The summed E-state index contributed by atoms with van der Waals surface area (Å²) in [6, 6.07) is 4.17. The van der Waals surface area contributed by atoms with Crippen molar-refractivity contribution in [1.82, 2.24) is 10.2 Å². The van der Waals surface area contributed by atoms with Gasteiger partial charge in [0.05, 0.1) is 4.47 Å².